The molecule has 1 rings (SSSR count). The fourth-order valence-corrected chi connectivity index (χ4v) is 2.16. The van der Waals surface area contributed by atoms with Crippen molar-refractivity contribution in [2.24, 2.45) is 0 Å². The Hall–Kier alpha value is -0.320. The molecule has 0 fully saturated rings. The largest absolute Gasteiger partial charge is 0.389 e. The number of hydrogen-bond donors (Lipinski definition) is 2. The van der Waals surface area contributed by atoms with Gasteiger partial charge >= 0.3 is 0 Å². The number of hydrogen-bond acceptors (Lipinski definition) is 3. The van der Waals surface area contributed by atoms with Crippen molar-refractivity contribution >= 4 is 23.2 Å². The van der Waals surface area contributed by atoms with Gasteiger partial charge in [0.25, 0.3) is 0 Å². The molecule has 0 radical (unpaired) electrons. The molecular formula is C13H19Cl2NO2. The zero-order valence-corrected chi connectivity index (χ0v) is 12.1. The monoisotopic (exact) mass is 291 g/mol. The van der Waals surface area contributed by atoms with Crippen molar-refractivity contribution in [2.45, 2.75) is 26.0 Å². The van der Waals surface area contributed by atoms with E-state index in [1.807, 2.05) is 19.9 Å². The van der Waals surface area contributed by atoms with Gasteiger partial charge in [0.1, 0.15) is 0 Å². The average Bonchev–Trinajstić information content (AvgIpc) is 2.33. The molecular weight excluding hydrogens is 273 g/mol. The molecule has 3 nitrogen and oxygen atoms in total. The van der Waals surface area contributed by atoms with Gasteiger partial charge in [-0.05, 0) is 31.5 Å². The molecule has 102 valence electrons. The minimum absolute atomic E-state index is 0.0473. The summed E-state index contributed by atoms with van der Waals surface area (Å²) in [6.07, 6.45) is -0.515. The molecule has 2 atom stereocenters. The van der Waals surface area contributed by atoms with Crippen molar-refractivity contribution in [2.75, 3.05) is 19.8 Å². The molecule has 0 bridgehead atoms. The molecule has 5 heteroatoms. The van der Waals surface area contributed by atoms with Crippen molar-refractivity contribution in [1.82, 2.24) is 5.32 Å². The van der Waals surface area contributed by atoms with Gasteiger partial charge in [0.05, 0.1) is 12.7 Å². The molecule has 0 amide bonds. The number of aliphatic hydroxyl groups is 1. The Morgan fingerprint density at radius 3 is 2.72 bits per heavy atom. The van der Waals surface area contributed by atoms with Gasteiger partial charge in [-0.3, -0.25) is 0 Å². The van der Waals surface area contributed by atoms with Gasteiger partial charge in [0.15, 0.2) is 0 Å². The fraction of sp³-hybridized carbons (Fsp3) is 0.538. The van der Waals surface area contributed by atoms with Gasteiger partial charge in [-0.2, -0.15) is 0 Å². The lowest BCUT2D eigenvalue weighted by molar-refractivity contribution is 0.0416. The van der Waals surface area contributed by atoms with Gasteiger partial charge in [-0.15, -0.1) is 0 Å². The molecule has 1 aromatic rings. The second-order valence-electron chi connectivity index (χ2n) is 4.11. The Labute approximate surface area is 118 Å². The second-order valence-corrected chi connectivity index (χ2v) is 4.95. The Morgan fingerprint density at radius 2 is 2.11 bits per heavy atom. The second kappa shape index (κ2) is 7.97. The van der Waals surface area contributed by atoms with Crippen LogP contribution in [0.2, 0.25) is 10.0 Å². The molecule has 0 saturated heterocycles. The van der Waals surface area contributed by atoms with Crippen molar-refractivity contribution in [1.29, 1.82) is 0 Å². The maximum Gasteiger partial charge on any atom is 0.0897 e. The highest BCUT2D eigenvalue weighted by Crippen LogP contribution is 2.25. The van der Waals surface area contributed by atoms with E-state index in [-0.39, 0.29) is 6.04 Å². The molecule has 1 aromatic carbocycles. The molecule has 0 spiro atoms. The van der Waals surface area contributed by atoms with Gasteiger partial charge in [-0.1, -0.05) is 29.3 Å². The van der Waals surface area contributed by atoms with E-state index < -0.39 is 6.10 Å². The first-order chi connectivity index (χ1) is 8.54. The smallest absolute Gasteiger partial charge is 0.0897 e. The first-order valence-corrected chi connectivity index (χ1v) is 6.74. The lowest BCUT2D eigenvalue weighted by atomic mass is 10.1. The summed E-state index contributed by atoms with van der Waals surface area (Å²) in [5.41, 5.74) is 0.963. The molecule has 0 heterocycles. The quantitative estimate of drug-likeness (QED) is 0.811. The average molecular weight is 292 g/mol. The van der Waals surface area contributed by atoms with Crippen molar-refractivity contribution in [3.63, 3.8) is 0 Å². The van der Waals surface area contributed by atoms with E-state index in [0.29, 0.717) is 29.8 Å². The number of aliphatic hydroxyl groups excluding tert-OH is 1. The Morgan fingerprint density at radius 1 is 1.39 bits per heavy atom. The maximum absolute atomic E-state index is 9.65. The lowest BCUT2D eigenvalue weighted by Gasteiger charge is -2.18. The third-order valence-electron chi connectivity index (χ3n) is 2.60. The summed E-state index contributed by atoms with van der Waals surface area (Å²) in [5.74, 6) is 0. The van der Waals surface area contributed by atoms with Gasteiger partial charge in [0, 0.05) is 29.2 Å². The summed E-state index contributed by atoms with van der Waals surface area (Å²) in [6, 6.07) is 5.45. The molecule has 0 aliphatic carbocycles. The number of nitrogens with one attached hydrogen (secondary N) is 1. The van der Waals surface area contributed by atoms with Crippen LogP contribution in [0.3, 0.4) is 0 Å². The highest BCUT2D eigenvalue weighted by Gasteiger charge is 2.11. The highest BCUT2D eigenvalue weighted by molar-refractivity contribution is 6.35. The molecule has 2 N–H and O–H groups in total. The summed E-state index contributed by atoms with van der Waals surface area (Å²) in [6.45, 7) is 5.29. The first kappa shape index (κ1) is 15.7. The topological polar surface area (TPSA) is 41.5 Å². The van der Waals surface area contributed by atoms with Gasteiger partial charge in [-0.25, -0.2) is 0 Å². The van der Waals surface area contributed by atoms with Crippen molar-refractivity contribution < 1.29 is 9.84 Å². The molecule has 0 saturated carbocycles. The van der Waals surface area contributed by atoms with E-state index in [4.69, 9.17) is 27.9 Å². The number of halogens is 2. The fourth-order valence-electron chi connectivity index (χ4n) is 1.59. The minimum atomic E-state index is -0.515. The standard InChI is InChI=1S/C13H19Cl2NO2/c1-3-18-8-11(17)7-16-9(2)12-5-4-10(14)6-13(12)15/h4-6,9,11,16-17H,3,7-8H2,1-2H3. The normalized spacial score (nSPS) is 14.5. The molecule has 0 aliphatic rings. The van der Waals surface area contributed by atoms with Crippen LogP contribution in [0, 0.1) is 0 Å². The van der Waals surface area contributed by atoms with Crippen LogP contribution in [0.25, 0.3) is 0 Å². The third kappa shape index (κ3) is 5.12. The Kier molecular flexibility index (Phi) is 6.97. The summed E-state index contributed by atoms with van der Waals surface area (Å²) in [7, 11) is 0. The van der Waals surface area contributed by atoms with Crippen LogP contribution in [-0.4, -0.2) is 31.0 Å². The van der Waals surface area contributed by atoms with E-state index in [1.165, 1.54) is 0 Å². The molecule has 0 aliphatic heterocycles. The van der Waals surface area contributed by atoms with Crippen LogP contribution in [-0.2, 0) is 4.74 Å². The Balaban J connectivity index is 2.47. The number of benzene rings is 1. The predicted octanol–water partition coefficient (Wildman–Crippen LogP) is 3.04. The number of rotatable bonds is 7. The Bertz CT molecular complexity index is 374. The van der Waals surface area contributed by atoms with Crippen LogP contribution in [0.5, 0.6) is 0 Å². The lowest BCUT2D eigenvalue weighted by Crippen LogP contribution is -2.32. The van der Waals surface area contributed by atoms with Crippen LogP contribution in [0.4, 0.5) is 0 Å². The zero-order valence-electron chi connectivity index (χ0n) is 10.6. The summed E-state index contributed by atoms with van der Waals surface area (Å²) < 4.78 is 5.14. The van der Waals surface area contributed by atoms with Crippen LogP contribution >= 0.6 is 23.2 Å². The zero-order chi connectivity index (χ0) is 13.5. The van der Waals surface area contributed by atoms with E-state index >= 15 is 0 Å². The SMILES string of the molecule is CCOCC(O)CNC(C)c1ccc(Cl)cc1Cl. The van der Waals surface area contributed by atoms with Crippen LogP contribution < -0.4 is 5.32 Å². The highest BCUT2D eigenvalue weighted by atomic mass is 35.5. The molecule has 0 aromatic heterocycles. The van der Waals surface area contributed by atoms with E-state index in [9.17, 15) is 5.11 Å². The van der Waals surface area contributed by atoms with Crippen molar-refractivity contribution in [3.8, 4) is 0 Å². The molecule has 18 heavy (non-hydrogen) atoms. The first-order valence-electron chi connectivity index (χ1n) is 5.98. The maximum atomic E-state index is 9.65. The van der Waals surface area contributed by atoms with Gasteiger partial charge < -0.3 is 15.2 Å². The third-order valence-corrected chi connectivity index (χ3v) is 3.17. The predicted molar refractivity (Wildman–Crippen MR) is 75.4 cm³/mol. The van der Waals surface area contributed by atoms with Gasteiger partial charge in [0.2, 0.25) is 0 Å². The van der Waals surface area contributed by atoms with E-state index in [2.05, 4.69) is 5.32 Å². The van der Waals surface area contributed by atoms with Crippen LogP contribution in [0.15, 0.2) is 18.2 Å². The van der Waals surface area contributed by atoms with Crippen LogP contribution in [0.1, 0.15) is 25.5 Å². The minimum Gasteiger partial charge on any atom is -0.389 e. The molecule has 2 unspecified atom stereocenters. The number of ether oxygens (including phenoxy) is 1. The van der Waals surface area contributed by atoms with E-state index in [1.54, 1.807) is 12.1 Å². The van der Waals surface area contributed by atoms with E-state index in [0.717, 1.165) is 5.56 Å². The summed E-state index contributed by atoms with van der Waals surface area (Å²) in [4.78, 5) is 0. The summed E-state index contributed by atoms with van der Waals surface area (Å²) in [5, 5.41) is 14.1. The van der Waals surface area contributed by atoms with Crippen molar-refractivity contribution in [3.05, 3.63) is 33.8 Å². The summed E-state index contributed by atoms with van der Waals surface area (Å²) >= 11 is 12.0.